The number of nitrogens with zero attached hydrogens (tertiary/aromatic N) is 2. The second-order valence-electron chi connectivity index (χ2n) is 5.03. The lowest BCUT2D eigenvalue weighted by Crippen LogP contribution is -2.02. The van der Waals surface area contributed by atoms with Crippen LogP contribution in [-0.2, 0) is 5.41 Å². The molecule has 3 rings (SSSR count). The van der Waals surface area contributed by atoms with E-state index in [2.05, 4.69) is 43.1 Å². The molecule has 90 valence electrons. The Kier molecular flexibility index (Phi) is 2.49. The summed E-state index contributed by atoms with van der Waals surface area (Å²) in [5.74, 6) is 0. The van der Waals surface area contributed by atoms with Crippen molar-refractivity contribution in [1.29, 1.82) is 5.26 Å². The number of thiazole rings is 1. The van der Waals surface area contributed by atoms with Crippen LogP contribution in [0.1, 0.15) is 29.7 Å². The fourth-order valence-electron chi connectivity index (χ4n) is 2.05. The van der Waals surface area contributed by atoms with E-state index in [1.165, 1.54) is 11.1 Å². The van der Waals surface area contributed by atoms with Gasteiger partial charge in [0.25, 0.3) is 0 Å². The molecule has 0 aliphatic heterocycles. The first kappa shape index (κ1) is 11.4. The topological polar surface area (TPSA) is 36.7 Å². The molecule has 2 aromatic rings. The highest BCUT2D eigenvalue weighted by atomic mass is 32.1. The second-order valence-corrected chi connectivity index (χ2v) is 5.89. The number of rotatable bonds is 2. The zero-order valence-corrected chi connectivity index (χ0v) is 11.3. The Hall–Kier alpha value is -1.66. The second kappa shape index (κ2) is 3.93. The summed E-state index contributed by atoms with van der Waals surface area (Å²) >= 11 is 1.64. The average molecular weight is 254 g/mol. The van der Waals surface area contributed by atoms with Crippen molar-refractivity contribution in [3.8, 4) is 16.6 Å². The first-order valence-corrected chi connectivity index (χ1v) is 6.97. The zero-order valence-electron chi connectivity index (χ0n) is 10.5. The van der Waals surface area contributed by atoms with Gasteiger partial charge in [0, 0.05) is 10.9 Å². The lowest BCUT2D eigenvalue weighted by atomic mass is 10.1. The molecular weight excluding hydrogens is 240 g/mol. The predicted octanol–water partition coefficient (Wildman–Crippen LogP) is 3.98. The van der Waals surface area contributed by atoms with Crippen LogP contribution in [0.4, 0.5) is 0 Å². The van der Waals surface area contributed by atoms with Crippen molar-refractivity contribution in [2.45, 2.75) is 32.1 Å². The molecule has 0 amide bonds. The van der Waals surface area contributed by atoms with E-state index in [4.69, 9.17) is 0 Å². The molecule has 0 atom stereocenters. The molecule has 1 heterocycles. The van der Waals surface area contributed by atoms with Crippen LogP contribution in [-0.4, -0.2) is 4.98 Å². The van der Waals surface area contributed by atoms with Crippen molar-refractivity contribution in [1.82, 2.24) is 4.98 Å². The summed E-state index contributed by atoms with van der Waals surface area (Å²) in [5.41, 5.74) is 4.43. The number of benzene rings is 1. The van der Waals surface area contributed by atoms with Crippen molar-refractivity contribution >= 4 is 11.3 Å². The van der Waals surface area contributed by atoms with Gasteiger partial charge in [-0.15, -0.1) is 11.3 Å². The molecule has 1 aliphatic rings. The van der Waals surface area contributed by atoms with E-state index in [1.807, 2.05) is 5.38 Å². The lowest BCUT2D eigenvalue weighted by molar-refractivity contribution is 0.868. The van der Waals surface area contributed by atoms with Gasteiger partial charge in [0.2, 0.25) is 0 Å². The Morgan fingerprint density at radius 3 is 2.67 bits per heavy atom. The normalized spacial score (nSPS) is 16.3. The molecule has 0 bridgehead atoms. The van der Waals surface area contributed by atoms with Gasteiger partial charge < -0.3 is 0 Å². The molecule has 0 spiro atoms. The van der Waals surface area contributed by atoms with Gasteiger partial charge in [-0.3, -0.25) is 0 Å². The van der Waals surface area contributed by atoms with Crippen LogP contribution in [0.5, 0.6) is 0 Å². The molecule has 0 saturated heterocycles. The van der Waals surface area contributed by atoms with Crippen molar-refractivity contribution < 1.29 is 0 Å². The third-order valence-corrected chi connectivity index (χ3v) is 4.60. The molecular formula is C15H14N2S. The minimum absolute atomic E-state index is 0.269. The highest BCUT2D eigenvalue weighted by Gasteiger charge is 2.47. The molecule has 2 nitrogen and oxygen atoms in total. The molecule has 1 fully saturated rings. The smallest absolute Gasteiger partial charge is 0.123 e. The van der Waals surface area contributed by atoms with E-state index in [0.29, 0.717) is 0 Å². The molecule has 0 radical (unpaired) electrons. The standard InChI is InChI=1S/C15H14N2S/c1-10-3-4-12(7-11(10)2)14-17-13(8-18-14)15(9-16)5-6-15/h3-4,7-8H,5-6H2,1-2H3. The van der Waals surface area contributed by atoms with Crippen molar-refractivity contribution in [3.05, 3.63) is 40.4 Å². The maximum Gasteiger partial charge on any atom is 0.123 e. The highest BCUT2D eigenvalue weighted by molar-refractivity contribution is 7.13. The quantitative estimate of drug-likeness (QED) is 0.812. The first-order valence-electron chi connectivity index (χ1n) is 6.09. The monoisotopic (exact) mass is 254 g/mol. The summed E-state index contributed by atoms with van der Waals surface area (Å²) in [6.07, 6.45) is 1.92. The summed E-state index contributed by atoms with van der Waals surface area (Å²) < 4.78 is 0. The van der Waals surface area contributed by atoms with Crippen LogP contribution in [0.2, 0.25) is 0 Å². The van der Waals surface area contributed by atoms with Gasteiger partial charge >= 0.3 is 0 Å². The summed E-state index contributed by atoms with van der Waals surface area (Å²) in [7, 11) is 0. The third kappa shape index (κ3) is 1.74. The maximum atomic E-state index is 9.18. The van der Waals surface area contributed by atoms with E-state index in [1.54, 1.807) is 11.3 Å². The number of hydrogen-bond acceptors (Lipinski definition) is 3. The van der Waals surface area contributed by atoms with E-state index in [-0.39, 0.29) is 5.41 Å². The van der Waals surface area contributed by atoms with Crippen molar-refractivity contribution in [2.24, 2.45) is 0 Å². The summed E-state index contributed by atoms with van der Waals surface area (Å²) in [6, 6.07) is 8.80. The Labute approximate surface area is 111 Å². The Bertz CT molecular complexity index is 645. The molecule has 0 N–H and O–H groups in total. The largest absolute Gasteiger partial charge is 0.239 e. The van der Waals surface area contributed by atoms with Gasteiger partial charge in [-0.25, -0.2) is 4.98 Å². The molecule has 18 heavy (non-hydrogen) atoms. The highest BCUT2D eigenvalue weighted by Crippen LogP contribution is 2.48. The fraction of sp³-hybridized carbons (Fsp3) is 0.333. The average Bonchev–Trinajstić information content (AvgIpc) is 3.02. The minimum Gasteiger partial charge on any atom is -0.239 e. The summed E-state index contributed by atoms with van der Waals surface area (Å²) in [5, 5.41) is 12.3. The van der Waals surface area contributed by atoms with Crippen LogP contribution < -0.4 is 0 Å². The van der Waals surface area contributed by atoms with Crippen molar-refractivity contribution in [2.75, 3.05) is 0 Å². The predicted molar refractivity (Wildman–Crippen MR) is 73.5 cm³/mol. The van der Waals surface area contributed by atoms with Gasteiger partial charge in [-0.2, -0.15) is 5.26 Å². The number of hydrogen-bond donors (Lipinski definition) is 0. The van der Waals surface area contributed by atoms with E-state index in [9.17, 15) is 5.26 Å². The minimum atomic E-state index is -0.269. The molecule has 1 saturated carbocycles. The Balaban J connectivity index is 1.98. The SMILES string of the molecule is Cc1ccc(-c2nc(C3(C#N)CC3)cs2)cc1C. The number of aromatic nitrogens is 1. The van der Waals surface area contributed by atoms with Crippen LogP contribution in [0, 0.1) is 25.2 Å². The van der Waals surface area contributed by atoms with Gasteiger partial charge in [0.1, 0.15) is 10.4 Å². The van der Waals surface area contributed by atoms with Crippen LogP contribution in [0.25, 0.3) is 10.6 Å². The zero-order chi connectivity index (χ0) is 12.8. The maximum absolute atomic E-state index is 9.18. The molecule has 0 unspecified atom stereocenters. The molecule has 3 heteroatoms. The van der Waals surface area contributed by atoms with Crippen LogP contribution in [0.15, 0.2) is 23.6 Å². The number of aryl methyl sites for hydroxylation is 2. The Morgan fingerprint density at radius 2 is 2.06 bits per heavy atom. The fourth-order valence-corrected chi connectivity index (χ4v) is 2.97. The first-order chi connectivity index (χ1) is 8.64. The van der Waals surface area contributed by atoms with E-state index < -0.39 is 0 Å². The summed E-state index contributed by atoms with van der Waals surface area (Å²) in [4.78, 5) is 4.65. The van der Waals surface area contributed by atoms with Crippen LogP contribution in [0.3, 0.4) is 0 Å². The summed E-state index contributed by atoms with van der Waals surface area (Å²) in [6.45, 7) is 4.23. The number of nitriles is 1. The lowest BCUT2D eigenvalue weighted by Gasteiger charge is -2.02. The Morgan fingerprint density at radius 1 is 1.28 bits per heavy atom. The van der Waals surface area contributed by atoms with Gasteiger partial charge in [-0.1, -0.05) is 12.1 Å². The van der Waals surface area contributed by atoms with Gasteiger partial charge in [0.05, 0.1) is 11.8 Å². The van der Waals surface area contributed by atoms with Crippen LogP contribution >= 0.6 is 11.3 Å². The van der Waals surface area contributed by atoms with Gasteiger partial charge in [-0.05, 0) is 43.9 Å². The van der Waals surface area contributed by atoms with Gasteiger partial charge in [0.15, 0.2) is 0 Å². The third-order valence-electron chi connectivity index (χ3n) is 3.71. The molecule has 1 aromatic carbocycles. The van der Waals surface area contributed by atoms with E-state index in [0.717, 1.165) is 29.1 Å². The molecule has 1 aliphatic carbocycles. The van der Waals surface area contributed by atoms with Crippen molar-refractivity contribution in [3.63, 3.8) is 0 Å². The molecule has 1 aromatic heterocycles. The van der Waals surface area contributed by atoms with E-state index >= 15 is 0 Å².